The van der Waals surface area contributed by atoms with Crippen LogP contribution < -0.4 is 14.8 Å². The van der Waals surface area contributed by atoms with Gasteiger partial charge in [0.2, 0.25) is 10.0 Å². The van der Waals surface area contributed by atoms with Gasteiger partial charge in [-0.15, -0.1) is 0 Å². The summed E-state index contributed by atoms with van der Waals surface area (Å²) in [5.41, 5.74) is 8.59. The Morgan fingerprint density at radius 3 is 2.47 bits per heavy atom. The van der Waals surface area contributed by atoms with Crippen LogP contribution in [0.5, 0.6) is 5.75 Å². The second kappa shape index (κ2) is 10.3. The number of rotatable bonds is 7. The number of aliphatic hydroxyl groups is 1. The zero-order valence-corrected chi connectivity index (χ0v) is 22.2. The Hall–Kier alpha value is -3.63. The quantitative estimate of drug-likeness (QED) is 0.270. The van der Waals surface area contributed by atoms with E-state index in [0.717, 1.165) is 47.8 Å². The summed E-state index contributed by atoms with van der Waals surface area (Å²) in [6, 6.07) is 16.4. The standard InChI is InChI=1S/C28H33N5O4S/c1-18(29)32-10-8-24(9-11-32)37-25-6-7-26-23(16-25)17-27(33(26)38(35,36)13-12-34)20-4-2-19-3-5-21(28(30)31)15-22(19)14-20/h2-7,14-16,24,27,29,34H,8-13,17H2,1H3,(H3,30,31). The highest BCUT2D eigenvalue weighted by Gasteiger charge is 2.38. The van der Waals surface area contributed by atoms with Crippen LogP contribution in [0.3, 0.4) is 0 Å². The number of piperidine rings is 1. The van der Waals surface area contributed by atoms with Gasteiger partial charge in [-0.3, -0.25) is 15.1 Å². The number of hydrogen-bond acceptors (Lipinski definition) is 6. The number of nitrogen functional groups attached to an aromatic ring is 1. The number of anilines is 1. The molecule has 0 amide bonds. The number of amidine groups is 2. The predicted octanol–water partition coefficient (Wildman–Crippen LogP) is 3.39. The third kappa shape index (κ3) is 5.06. The molecule has 200 valence electrons. The van der Waals surface area contributed by atoms with Crippen molar-refractivity contribution in [2.24, 2.45) is 5.73 Å². The summed E-state index contributed by atoms with van der Waals surface area (Å²) in [5.74, 6) is 0.888. The summed E-state index contributed by atoms with van der Waals surface area (Å²) in [6.45, 7) is 2.91. The normalized spacial score (nSPS) is 18.0. The van der Waals surface area contributed by atoms with Crippen LogP contribution >= 0.6 is 0 Å². The molecule has 38 heavy (non-hydrogen) atoms. The van der Waals surface area contributed by atoms with Gasteiger partial charge < -0.3 is 20.5 Å². The molecule has 9 nitrogen and oxygen atoms in total. The predicted molar refractivity (Wildman–Crippen MR) is 150 cm³/mol. The van der Waals surface area contributed by atoms with Crippen molar-refractivity contribution in [1.82, 2.24) is 4.90 Å². The maximum absolute atomic E-state index is 13.3. The van der Waals surface area contributed by atoms with Crippen LogP contribution in [0.25, 0.3) is 10.8 Å². The van der Waals surface area contributed by atoms with Gasteiger partial charge in [0.1, 0.15) is 17.7 Å². The van der Waals surface area contributed by atoms with Crippen LogP contribution in [0.15, 0.2) is 54.6 Å². The number of nitrogens with two attached hydrogens (primary N) is 1. The van der Waals surface area contributed by atoms with Gasteiger partial charge in [-0.25, -0.2) is 8.42 Å². The first-order chi connectivity index (χ1) is 18.2. The Bertz CT molecular complexity index is 1500. The number of hydrogen-bond donors (Lipinski definition) is 4. The van der Waals surface area contributed by atoms with E-state index < -0.39 is 22.7 Å². The topological polar surface area (TPSA) is 144 Å². The Morgan fingerprint density at radius 1 is 1.05 bits per heavy atom. The van der Waals surface area contributed by atoms with Gasteiger partial charge in [0.05, 0.1) is 29.9 Å². The fraction of sp³-hybridized carbons (Fsp3) is 0.357. The van der Waals surface area contributed by atoms with Gasteiger partial charge >= 0.3 is 0 Å². The minimum absolute atomic E-state index is 0.0242. The molecule has 0 aromatic heterocycles. The van der Waals surface area contributed by atoms with E-state index in [1.165, 1.54) is 4.31 Å². The Kier molecular flexibility index (Phi) is 7.02. The molecule has 1 unspecified atom stereocenters. The number of fused-ring (bicyclic) bond motifs is 2. The Labute approximate surface area is 222 Å². The third-order valence-electron chi connectivity index (χ3n) is 7.41. The van der Waals surface area contributed by atoms with Crippen molar-refractivity contribution in [2.75, 3.05) is 29.8 Å². The van der Waals surface area contributed by atoms with E-state index in [2.05, 4.69) is 0 Å². The molecule has 2 aliphatic heterocycles. The number of aliphatic hydroxyl groups excluding tert-OH is 1. The summed E-state index contributed by atoms with van der Waals surface area (Å²) in [4.78, 5) is 2.04. The molecule has 3 aromatic rings. The first-order valence-corrected chi connectivity index (χ1v) is 14.4. The third-order valence-corrected chi connectivity index (χ3v) is 9.16. The molecule has 5 N–H and O–H groups in total. The molecule has 0 radical (unpaired) electrons. The molecule has 3 aromatic carbocycles. The highest BCUT2D eigenvalue weighted by atomic mass is 32.2. The van der Waals surface area contributed by atoms with E-state index in [0.29, 0.717) is 29.3 Å². The van der Waals surface area contributed by atoms with Gasteiger partial charge in [-0.1, -0.05) is 24.3 Å². The molecular formula is C28H33N5O4S. The molecule has 10 heteroatoms. The van der Waals surface area contributed by atoms with Crippen molar-refractivity contribution in [3.05, 3.63) is 71.3 Å². The van der Waals surface area contributed by atoms with Crippen molar-refractivity contribution in [3.8, 4) is 5.75 Å². The fourth-order valence-corrected chi connectivity index (χ4v) is 6.91. The van der Waals surface area contributed by atoms with Gasteiger partial charge in [0.25, 0.3) is 0 Å². The largest absolute Gasteiger partial charge is 0.490 e. The molecule has 1 atom stereocenters. The lowest BCUT2D eigenvalue weighted by Crippen LogP contribution is -2.40. The summed E-state index contributed by atoms with van der Waals surface area (Å²) in [6.07, 6.45) is 2.17. The number of likely N-dealkylation sites (tertiary alicyclic amines) is 1. The zero-order valence-electron chi connectivity index (χ0n) is 21.4. The lowest BCUT2D eigenvalue weighted by atomic mass is 9.98. The number of ether oxygens (including phenoxy) is 1. The molecule has 0 saturated carbocycles. The average molecular weight is 536 g/mol. The number of nitrogens with one attached hydrogen (secondary N) is 2. The van der Waals surface area contributed by atoms with E-state index in [9.17, 15) is 13.5 Å². The maximum atomic E-state index is 13.3. The molecule has 0 aliphatic carbocycles. The monoisotopic (exact) mass is 535 g/mol. The summed E-state index contributed by atoms with van der Waals surface area (Å²) < 4.78 is 34.4. The van der Waals surface area contributed by atoms with E-state index in [1.54, 1.807) is 19.1 Å². The lowest BCUT2D eigenvalue weighted by molar-refractivity contribution is 0.130. The van der Waals surface area contributed by atoms with Crippen molar-refractivity contribution >= 4 is 38.2 Å². The summed E-state index contributed by atoms with van der Waals surface area (Å²) in [7, 11) is -3.79. The maximum Gasteiger partial charge on any atom is 0.237 e. The van der Waals surface area contributed by atoms with Crippen LogP contribution in [-0.4, -0.2) is 61.6 Å². The number of nitrogens with zero attached hydrogens (tertiary/aromatic N) is 2. The van der Waals surface area contributed by atoms with Crippen LogP contribution in [0, 0.1) is 10.8 Å². The number of sulfonamides is 1. The van der Waals surface area contributed by atoms with Crippen LogP contribution in [0.4, 0.5) is 5.69 Å². The van der Waals surface area contributed by atoms with E-state index in [-0.39, 0.29) is 17.7 Å². The molecule has 2 aliphatic rings. The first-order valence-electron chi connectivity index (χ1n) is 12.8. The van der Waals surface area contributed by atoms with Gasteiger partial charge in [0, 0.05) is 37.9 Å². The molecule has 2 heterocycles. The van der Waals surface area contributed by atoms with Crippen molar-refractivity contribution < 1.29 is 18.3 Å². The highest BCUT2D eigenvalue weighted by molar-refractivity contribution is 7.92. The lowest BCUT2D eigenvalue weighted by Gasteiger charge is -2.33. The molecule has 5 rings (SSSR count). The fourth-order valence-electron chi connectivity index (χ4n) is 5.42. The summed E-state index contributed by atoms with van der Waals surface area (Å²) >= 11 is 0. The van der Waals surface area contributed by atoms with Crippen LogP contribution in [0.2, 0.25) is 0 Å². The van der Waals surface area contributed by atoms with Gasteiger partial charge in [0.15, 0.2) is 0 Å². The van der Waals surface area contributed by atoms with Crippen molar-refractivity contribution in [3.63, 3.8) is 0 Å². The Balaban J connectivity index is 1.46. The van der Waals surface area contributed by atoms with E-state index in [4.69, 9.17) is 21.3 Å². The minimum Gasteiger partial charge on any atom is -0.490 e. The smallest absolute Gasteiger partial charge is 0.237 e. The first kappa shape index (κ1) is 26.0. The van der Waals surface area contributed by atoms with Crippen molar-refractivity contribution in [2.45, 2.75) is 38.3 Å². The van der Waals surface area contributed by atoms with Gasteiger partial charge in [-0.05, 0) is 59.2 Å². The van der Waals surface area contributed by atoms with Crippen LogP contribution in [-0.2, 0) is 16.4 Å². The SMILES string of the molecule is CC(=N)N1CCC(Oc2ccc3c(c2)CC(c2ccc4ccc(C(=N)N)cc4c2)N3S(=O)(=O)CCO)CC1. The molecular weight excluding hydrogens is 502 g/mol. The second-order valence-electron chi connectivity index (χ2n) is 9.97. The molecule has 0 spiro atoms. The Morgan fingerprint density at radius 2 is 1.79 bits per heavy atom. The summed E-state index contributed by atoms with van der Waals surface area (Å²) in [5, 5.41) is 26.9. The molecule has 1 fully saturated rings. The van der Waals surface area contributed by atoms with E-state index in [1.807, 2.05) is 47.4 Å². The van der Waals surface area contributed by atoms with Crippen LogP contribution in [0.1, 0.15) is 42.5 Å². The average Bonchev–Trinajstić information content (AvgIpc) is 3.28. The molecule has 1 saturated heterocycles. The van der Waals surface area contributed by atoms with Crippen molar-refractivity contribution in [1.29, 1.82) is 10.8 Å². The molecule has 0 bridgehead atoms. The minimum atomic E-state index is -3.79. The highest BCUT2D eigenvalue weighted by Crippen LogP contribution is 2.44. The van der Waals surface area contributed by atoms with E-state index >= 15 is 0 Å². The van der Waals surface area contributed by atoms with Gasteiger partial charge in [-0.2, -0.15) is 0 Å². The second-order valence-corrected chi connectivity index (χ2v) is 11.9. The zero-order chi connectivity index (χ0) is 27.0. The number of benzene rings is 3.